The van der Waals surface area contributed by atoms with E-state index < -0.39 is 21.5 Å². The fraction of sp³-hybridized carbons (Fsp3) is 0.500. The molecule has 0 atom stereocenters. The third-order valence-corrected chi connectivity index (χ3v) is 5.00. The van der Waals surface area contributed by atoms with E-state index in [0.29, 0.717) is 5.69 Å². The van der Waals surface area contributed by atoms with Crippen molar-refractivity contribution in [2.24, 2.45) is 4.99 Å². The molecule has 0 aromatic carbocycles. The molecule has 1 aliphatic rings. The Bertz CT molecular complexity index is 868. The van der Waals surface area contributed by atoms with E-state index in [-0.39, 0.29) is 11.5 Å². The van der Waals surface area contributed by atoms with Crippen molar-refractivity contribution in [1.82, 2.24) is 4.98 Å². The lowest BCUT2D eigenvalue weighted by atomic mass is 10.1. The van der Waals surface area contributed by atoms with Gasteiger partial charge >= 0.3 is 15.6 Å². The number of hydrogen-bond donors (Lipinski definition) is 1. The molecule has 10 heteroatoms. The van der Waals surface area contributed by atoms with Gasteiger partial charge < -0.3 is 13.9 Å². The Morgan fingerprint density at radius 2 is 1.89 bits per heavy atom. The lowest BCUT2D eigenvalue weighted by Gasteiger charge is -2.07. The molecular weight excluding hydrogens is 397 g/mol. The highest BCUT2D eigenvalue weighted by Crippen LogP contribution is 2.28. The number of alkyl halides is 3. The molecule has 28 heavy (non-hydrogen) atoms. The molecule has 1 aromatic rings. The van der Waals surface area contributed by atoms with Crippen LogP contribution in [0.5, 0.6) is 0 Å². The monoisotopic (exact) mass is 420 g/mol. The van der Waals surface area contributed by atoms with Gasteiger partial charge in [0.25, 0.3) is 0 Å². The summed E-state index contributed by atoms with van der Waals surface area (Å²) in [5.74, 6) is -0.605. The summed E-state index contributed by atoms with van der Waals surface area (Å²) in [5.41, 5.74) is -3.67. The van der Waals surface area contributed by atoms with Gasteiger partial charge in [0.1, 0.15) is 11.5 Å². The smallest absolute Gasteiger partial charge is 0.494 e. The fourth-order valence-electron chi connectivity index (χ4n) is 2.62. The Morgan fingerprint density at radius 1 is 1.18 bits per heavy atom. The molecule has 0 aliphatic carbocycles. The second kappa shape index (κ2) is 9.31. The molecular formula is C18H23F3N2O4S. The van der Waals surface area contributed by atoms with Gasteiger partial charge in [-0.05, 0) is 31.1 Å². The second-order valence-electron chi connectivity index (χ2n) is 6.28. The van der Waals surface area contributed by atoms with E-state index in [1.165, 1.54) is 26.4 Å². The molecule has 156 valence electrons. The third kappa shape index (κ3) is 5.88. The van der Waals surface area contributed by atoms with Crippen LogP contribution in [0.4, 0.5) is 13.2 Å². The van der Waals surface area contributed by atoms with Crippen LogP contribution in [-0.4, -0.2) is 31.9 Å². The maximum Gasteiger partial charge on any atom is 0.534 e. The molecule has 1 aliphatic heterocycles. The number of aromatic nitrogens is 1. The van der Waals surface area contributed by atoms with Crippen molar-refractivity contribution in [2.75, 3.05) is 7.11 Å². The molecule has 2 heterocycles. The zero-order chi connectivity index (χ0) is 20.8. The van der Waals surface area contributed by atoms with Crippen LogP contribution in [0.1, 0.15) is 50.4 Å². The van der Waals surface area contributed by atoms with Crippen molar-refractivity contribution in [3.05, 3.63) is 41.1 Å². The van der Waals surface area contributed by atoms with Crippen LogP contribution in [-0.2, 0) is 25.5 Å². The zero-order valence-corrected chi connectivity index (χ0v) is 16.5. The third-order valence-electron chi connectivity index (χ3n) is 4.05. The Labute approximate surface area is 162 Å². The first-order chi connectivity index (χ1) is 13.2. The normalized spacial score (nSPS) is 16.2. The van der Waals surface area contributed by atoms with E-state index in [0.717, 1.165) is 31.0 Å². The number of aromatic amines is 1. The van der Waals surface area contributed by atoms with Crippen LogP contribution in [0.15, 0.2) is 34.7 Å². The van der Waals surface area contributed by atoms with E-state index in [9.17, 15) is 21.6 Å². The van der Waals surface area contributed by atoms with Crippen molar-refractivity contribution in [3.8, 4) is 0 Å². The molecule has 0 unspecified atom stereocenters. The highest BCUT2D eigenvalue weighted by atomic mass is 32.2. The number of H-pyrrole nitrogens is 1. The standard InChI is InChI=1S/C18H23F3N2O4S/c1-3-4-5-6-7-8-13-9-10-14(22-13)11-15-16(26-2)12-17(23-15)27-28(24,25)18(19,20)21/h9-12,22H,3-8H2,1-2H3/b15-11-. The maximum absolute atomic E-state index is 12.4. The van der Waals surface area contributed by atoms with Gasteiger partial charge in [0.05, 0.1) is 7.11 Å². The van der Waals surface area contributed by atoms with Gasteiger partial charge in [0.15, 0.2) is 0 Å². The summed E-state index contributed by atoms with van der Waals surface area (Å²) in [6.07, 6.45) is 9.26. The highest BCUT2D eigenvalue weighted by Gasteiger charge is 2.49. The number of halogens is 3. The quantitative estimate of drug-likeness (QED) is 0.357. The first kappa shape index (κ1) is 22.1. The van der Waals surface area contributed by atoms with Gasteiger partial charge in [0.2, 0.25) is 5.90 Å². The molecule has 0 saturated carbocycles. The van der Waals surface area contributed by atoms with Crippen LogP contribution in [0.25, 0.3) is 6.08 Å². The lowest BCUT2D eigenvalue weighted by molar-refractivity contribution is -0.0504. The number of ether oxygens (including phenoxy) is 1. The van der Waals surface area contributed by atoms with E-state index in [1.807, 2.05) is 12.1 Å². The first-order valence-corrected chi connectivity index (χ1v) is 10.3. The van der Waals surface area contributed by atoms with E-state index in [2.05, 4.69) is 21.1 Å². The molecule has 0 saturated heterocycles. The summed E-state index contributed by atoms with van der Waals surface area (Å²) >= 11 is 0. The van der Waals surface area contributed by atoms with Gasteiger partial charge in [-0.2, -0.15) is 21.6 Å². The number of rotatable bonds is 9. The number of methoxy groups -OCH3 is 1. The number of unbranched alkanes of at least 4 members (excludes halogenated alkanes) is 4. The number of nitrogens with zero attached hydrogens (tertiary/aromatic N) is 1. The number of hydrogen-bond acceptors (Lipinski definition) is 5. The lowest BCUT2D eigenvalue weighted by Crippen LogP contribution is -2.27. The molecule has 0 spiro atoms. The minimum absolute atomic E-state index is 0.100. The molecule has 6 nitrogen and oxygen atoms in total. The first-order valence-electron chi connectivity index (χ1n) is 8.91. The van der Waals surface area contributed by atoms with Crippen molar-refractivity contribution < 1.29 is 30.5 Å². The van der Waals surface area contributed by atoms with Crippen LogP contribution >= 0.6 is 0 Å². The largest absolute Gasteiger partial charge is 0.534 e. The summed E-state index contributed by atoms with van der Waals surface area (Å²) in [4.78, 5) is 6.97. The second-order valence-corrected chi connectivity index (χ2v) is 7.82. The van der Waals surface area contributed by atoms with Crippen LogP contribution in [0, 0.1) is 0 Å². The maximum atomic E-state index is 12.4. The highest BCUT2D eigenvalue weighted by molar-refractivity contribution is 7.88. The number of aryl methyl sites for hydroxylation is 1. The molecule has 1 aromatic heterocycles. The summed E-state index contributed by atoms with van der Waals surface area (Å²) in [5, 5.41) is 0. The van der Waals surface area contributed by atoms with Crippen LogP contribution < -0.4 is 0 Å². The SMILES string of the molecule is CCCCCCCc1ccc(/C=C2\N=C(OS(=O)(=O)C(F)(F)F)C=C2OC)[nH]1. The minimum Gasteiger partial charge on any atom is -0.494 e. The Hall–Kier alpha value is -2.23. The Balaban J connectivity index is 2.07. The Kier molecular flexibility index (Phi) is 7.34. The Morgan fingerprint density at radius 3 is 2.54 bits per heavy atom. The predicted octanol–water partition coefficient (Wildman–Crippen LogP) is 4.68. The minimum atomic E-state index is -5.79. The number of aliphatic imine (C=N–C) groups is 1. The van der Waals surface area contributed by atoms with Gasteiger partial charge in [0, 0.05) is 17.5 Å². The average Bonchev–Trinajstić information content (AvgIpc) is 3.20. The molecule has 0 amide bonds. The summed E-state index contributed by atoms with van der Waals surface area (Å²) in [7, 11) is -4.49. The van der Waals surface area contributed by atoms with Gasteiger partial charge in [-0.1, -0.05) is 32.6 Å². The number of nitrogens with one attached hydrogen (secondary N) is 1. The van der Waals surface area contributed by atoms with E-state index in [4.69, 9.17) is 4.74 Å². The topological polar surface area (TPSA) is 80.8 Å². The van der Waals surface area contributed by atoms with E-state index in [1.54, 1.807) is 6.08 Å². The van der Waals surface area contributed by atoms with Gasteiger partial charge in [-0.15, -0.1) is 0 Å². The van der Waals surface area contributed by atoms with Crippen molar-refractivity contribution >= 4 is 22.1 Å². The summed E-state index contributed by atoms with van der Waals surface area (Å²) in [6.45, 7) is 2.16. The molecule has 1 N–H and O–H groups in total. The summed E-state index contributed by atoms with van der Waals surface area (Å²) in [6, 6.07) is 3.73. The van der Waals surface area contributed by atoms with Gasteiger partial charge in [-0.25, -0.2) is 4.99 Å². The van der Waals surface area contributed by atoms with Crippen LogP contribution in [0.3, 0.4) is 0 Å². The van der Waals surface area contributed by atoms with E-state index >= 15 is 0 Å². The molecule has 0 bridgehead atoms. The molecule has 0 radical (unpaired) electrons. The van der Waals surface area contributed by atoms with Crippen molar-refractivity contribution in [3.63, 3.8) is 0 Å². The van der Waals surface area contributed by atoms with Gasteiger partial charge in [-0.3, -0.25) is 0 Å². The van der Waals surface area contributed by atoms with Crippen molar-refractivity contribution in [1.29, 1.82) is 0 Å². The predicted molar refractivity (Wildman–Crippen MR) is 99.8 cm³/mol. The van der Waals surface area contributed by atoms with Crippen molar-refractivity contribution in [2.45, 2.75) is 51.0 Å². The zero-order valence-electron chi connectivity index (χ0n) is 15.7. The average molecular weight is 420 g/mol. The summed E-state index contributed by atoms with van der Waals surface area (Å²) < 4.78 is 68.6. The molecule has 0 fully saturated rings. The fourth-order valence-corrected chi connectivity index (χ4v) is 3.02. The molecule has 2 rings (SSSR count). The van der Waals surface area contributed by atoms with Crippen LogP contribution in [0.2, 0.25) is 0 Å².